The molecule has 0 unspecified atom stereocenters. The lowest BCUT2D eigenvalue weighted by Crippen LogP contribution is -2.49. The summed E-state index contributed by atoms with van der Waals surface area (Å²) in [6.45, 7) is 8.20. The van der Waals surface area contributed by atoms with Crippen molar-refractivity contribution in [3.8, 4) is 5.75 Å². The molecule has 2 aliphatic rings. The van der Waals surface area contributed by atoms with Crippen LogP contribution in [0.4, 0.5) is 18.9 Å². The second kappa shape index (κ2) is 14.5. The number of aliphatic hydroxyl groups excluding tert-OH is 1. The van der Waals surface area contributed by atoms with Crippen molar-refractivity contribution in [2.24, 2.45) is 5.92 Å². The highest BCUT2D eigenvalue weighted by Crippen LogP contribution is 2.32. The molecule has 4 rings (SSSR count). The quantitative estimate of drug-likeness (QED) is 0.426. The Balaban J connectivity index is 1.48. The largest absolute Gasteiger partial charge is 0.488 e. The molecule has 2 N–H and O–H groups in total. The van der Waals surface area contributed by atoms with Crippen molar-refractivity contribution in [1.82, 2.24) is 14.7 Å². The van der Waals surface area contributed by atoms with Crippen LogP contribution in [0.15, 0.2) is 42.5 Å². The first kappa shape index (κ1) is 32.7. The molecule has 0 aromatic heterocycles. The minimum Gasteiger partial charge on any atom is -0.488 e. The lowest BCUT2D eigenvalue weighted by atomic mass is 9.99. The van der Waals surface area contributed by atoms with Crippen molar-refractivity contribution < 1.29 is 37.3 Å². The molecule has 0 spiro atoms. The molecular weight excluding hydrogens is 565 g/mol. The molecule has 2 amide bonds. The number of aliphatic hydroxyl groups is 1. The van der Waals surface area contributed by atoms with Crippen molar-refractivity contribution in [1.29, 1.82) is 0 Å². The summed E-state index contributed by atoms with van der Waals surface area (Å²) in [5.74, 6) is -0.223. The molecule has 1 saturated heterocycles. The van der Waals surface area contributed by atoms with Gasteiger partial charge in [-0.05, 0) is 49.9 Å². The molecule has 2 aliphatic heterocycles. The van der Waals surface area contributed by atoms with Crippen LogP contribution >= 0.6 is 0 Å². The average Bonchev–Trinajstić information content (AvgIpc) is 2.98. The summed E-state index contributed by atoms with van der Waals surface area (Å²) in [5.41, 5.74) is 0.800. The second-order valence-corrected chi connectivity index (χ2v) is 11.5. The lowest BCUT2D eigenvalue weighted by Gasteiger charge is -2.38. The number of hydrogen-bond acceptors (Lipinski definition) is 7. The fraction of sp³-hybridized carbons (Fsp3) is 0.548. The number of nitrogens with zero attached hydrogens (tertiary/aromatic N) is 3. The zero-order valence-electron chi connectivity index (χ0n) is 24.9. The molecule has 0 aliphatic carbocycles. The highest BCUT2D eigenvalue weighted by molar-refractivity contribution is 6.00. The van der Waals surface area contributed by atoms with E-state index in [0.717, 1.165) is 30.8 Å². The number of ether oxygens (including phenoxy) is 2. The molecule has 43 heavy (non-hydrogen) atoms. The van der Waals surface area contributed by atoms with E-state index in [1.54, 1.807) is 30.0 Å². The fourth-order valence-electron chi connectivity index (χ4n) is 5.31. The maximum Gasteiger partial charge on any atom is 0.416 e. The van der Waals surface area contributed by atoms with Gasteiger partial charge in [0.2, 0.25) is 5.91 Å². The molecule has 2 heterocycles. The molecule has 236 valence electrons. The highest BCUT2D eigenvalue weighted by Gasteiger charge is 2.34. The third-order valence-electron chi connectivity index (χ3n) is 7.93. The van der Waals surface area contributed by atoms with Crippen molar-refractivity contribution in [3.05, 3.63) is 59.2 Å². The Hall–Kier alpha value is -3.19. The van der Waals surface area contributed by atoms with E-state index in [2.05, 4.69) is 10.2 Å². The highest BCUT2D eigenvalue weighted by atomic mass is 19.4. The number of anilines is 1. The molecule has 1 fully saturated rings. The van der Waals surface area contributed by atoms with Gasteiger partial charge in [-0.25, -0.2) is 0 Å². The number of alkyl halides is 3. The number of hydrogen-bond donors (Lipinski definition) is 2. The number of morpholine rings is 1. The topological polar surface area (TPSA) is 94.6 Å². The number of amides is 2. The van der Waals surface area contributed by atoms with E-state index in [1.165, 1.54) is 12.1 Å². The monoisotopic (exact) mass is 606 g/mol. The van der Waals surface area contributed by atoms with Gasteiger partial charge in [-0.15, -0.1) is 0 Å². The first-order chi connectivity index (χ1) is 20.4. The van der Waals surface area contributed by atoms with E-state index in [4.69, 9.17) is 9.47 Å². The van der Waals surface area contributed by atoms with Crippen LogP contribution in [0.5, 0.6) is 5.75 Å². The van der Waals surface area contributed by atoms with Crippen molar-refractivity contribution in [3.63, 3.8) is 0 Å². The molecule has 12 heteroatoms. The van der Waals surface area contributed by atoms with Gasteiger partial charge < -0.3 is 24.8 Å². The van der Waals surface area contributed by atoms with Gasteiger partial charge in [-0.1, -0.05) is 19.1 Å². The van der Waals surface area contributed by atoms with Crippen LogP contribution < -0.4 is 10.1 Å². The zero-order chi connectivity index (χ0) is 31.1. The van der Waals surface area contributed by atoms with Gasteiger partial charge in [0.25, 0.3) is 5.91 Å². The van der Waals surface area contributed by atoms with Crippen molar-refractivity contribution in [2.45, 2.75) is 45.1 Å². The Bertz CT molecular complexity index is 1240. The minimum atomic E-state index is -4.39. The molecule has 2 aromatic rings. The average molecular weight is 607 g/mol. The Labute approximate surface area is 250 Å². The molecule has 3 atom stereocenters. The number of carbonyl (C=O) groups is 2. The van der Waals surface area contributed by atoms with Gasteiger partial charge in [0.05, 0.1) is 37.0 Å². The molecule has 0 saturated carbocycles. The summed E-state index contributed by atoms with van der Waals surface area (Å²) in [4.78, 5) is 32.1. The summed E-state index contributed by atoms with van der Waals surface area (Å²) in [5, 5.41) is 12.8. The van der Waals surface area contributed by atoms with Crippen LogP contribution in [0.25, 0.3) is 0 Å². The molecule has 9 nitrogen and oxygen atoms in total. The SMILES string of the molecule is C[C@@H]1CN([C@H](C)CO)C(=O)c2cc(NC(=O)CCN3CCOCC3)ccc2O[C@H]1CN(C)Cc1ccc(C(F)(F)F)cc1. The predicted octanol–water partition coefficient (Wildman–Crippen LogP) is 3.72. The Morgan fingerprint density at radius 3 is 2.51 bits per heavy atom. The van der Waals surface area contributed by atoms with Gasteiger partial charge in [0, 0.05) is 57.3 Å². The molecule has 2 aromatic carbocycles. The lowest BCUT2D eigenvalue weighted by molar-refractivity contribution is -0.137. The van der Waals surface area contributed by atoms with Crippen LogP contribution in [0, 0.1) is 5.92 Å². The Kier molecular flexibility index (Phi) is 11.0. The number of likely N-dealkylation sites (N-methyl/N-ethyl adjacent to an activating group) is 1. The van der Waals surface area contributed by atoms with Crippen LogP contribution in [-0.4, -0.2) is 103 Å². The summed E-state index contributed by atoms with van der Waals surface area (Å²) < 4.78 is 50.7. The predicted molar refractivity (Wildman–Crippen MR) is 156 cm³/mol. The van der Waals surface area contributed by atoms with E-state index >= 15 is 0 Å². The van der Waals surface area contributed by atoms with Crippen molar-refractivity contribution in [2.75, 3.05) is 64.9 Å². The first-order valence-corrected chi connectivity index (χ1v) is 14.6. The van der Waals surface area contributed by atoms with E-state index < -0.39 is 17.8 Å². The summed E-state index contributed by atoms with van der Waals surface area (Å²) >= 11 is 0. The number of carbonyl (C=O) groups excluding carboxylic acids is 2. The van der Waals surface area contributed by atoms with E-state index in [-0.39, 0.29) is 36.0 Å². The standard InChI is InChI=1S/C31H41F3N4O5/c1-21-17-38(22(2)20-39)30(41)26-16-25(35-29(40)10-11-37-12-14-42-15-13-37)8-9-27(26)43-28(21)19-36(3)18-23-4-6-24(7-5-23)31(32,33)34/h4-9,16,21-22,28,39H,10-15,17-20H2,1-3H3,(H,35,40)/t21-,22-,28+/m1/s1. The normalized spacial score (nSPS) is 20.7. The Morgan fingerprint density at radius 1 is 1.16 bits per heavy atom. The summed E-state index contributed by atoms with van der Waals surface area (Å²) in [6, 6.07) is 9.63. The summed E-state index contributed by atoms with van der Waals surface area (Å²) in [6.07, 6.45) is -4.45. The third-order valence-corrected chi connectivity index (χ3v) is 7.93. The maximum absolute atomic E-state index is 13.7. The number of rotatable bonds is 10. The third kappa shape index (κ3) is 8.91. The molecule has 0 bridgehead atoms. The second-order valence-electron chi connectivity index (χ2n) is 11.5. The maximum atomic E-state index is 13.7. The van der Waals surface area contributed by atoms with Crippen LogP contribution in [0.2, 0.25) is 0 Å². The smallest absolute Gasteiger partial charge is 0.416 e. The van der Waals surface area contributed by atoms with Gasteiger partial charge in [-0.2, -0.15) is 13.2 Å². The minimum absolute atomic E-state index is 0.124. The molecular formula is C31H41F3N4O5. The van der Waals surface area contributed by atoms with Crippen LogP contribution in [0.3, 0.4) is 0 Å². The first-order valence-electron chi connectivity index (χ1n) is 14.6. The van der Waals surface area contributed by atoms with Crippen LogP contribution in [-0.2, 0) is 22.3 Å². The van der Waals surface area contributed by atoms with E-state index in [1.807, 2.05) is 18.9 Å². The van der Waals surface area contributed by atoms with Gasteiger partial charge in [0.1, 0.15) is 11.9 Å². The Morgan fingerprint density at radius 2 is 1.86 bits per heavy atom. The van der Waals surface area contributed by atoms with Gasteiger partial charge >= 0.3 is 6.18 Å². The van der Waals surface area contributed by atoms with Gasteiger partial charge in [0.15, 0.2) is 0 Å². The van der Waals surface area contributed by atoms with E-state index in [0.29, 0.717) is 57.3 Å². The molecule has 0 radical (unpaired) electrons. The number of nitrogens with one attached hydrogen (secondary N) is 1. The zero-order valence-corrected chi connectivity index (χ0v) is 24.9. The van der Waals surface area contributed by atoms with E-state index in [9.17, 15) is 27.9 Å². The number of fused-ring (bicyclic) bond motifs is 1. The van der Waals surface area contributed by atoms with Gasteiger partial charge in [-0.3, -0.25) is 19.4 Å². The van der Waals surface area contributed by atoms with Crippen molar-refractivity contribution >= 4 is 17.5 Å². The summed E-state index contributed by atoms with van der Waals surface area (Å²) in [7, 11) is 1.86. The number of halogens is 3. The van der Waals surface area contributed by atoms with Crippen LogP contribution in [0.1, 0.15) is 41.8 Å². The number of benzene rings is 2. The fourth-order valence-corrected chi connectivity index (χ4v) is 5.31.